The molecular formula is C24H28O4. The van der Waals surface area contributed by atoms with Crippen molar-refractivity contribution in [2.24, 2.45) is 5.92 Å². The van der Waals surface area contributed by atoms with Crippen molar-refractivity contribution >= 4 is 5.97 Å². The molecule has 2 unspecified atom stereocenters. The Bertz CT molecular complexity index is 869. The van der Waals surface area contributed by atoms with E-state index in [0.717, 1.165) is 16.7 Å². The first-order valence-electron chi connectivity index (χ1n) is 9.62. The van der Waals surface area contributed by atoms with Gasteiger partial charge in [0.1, 0.15) is 6.61 Å². The number of carbonyl (C=O) groups is 1. The van der Waals surface area contributed by atoms with E-state index in [9.17, 15) is 4.79 Å². The van der Waals surface area contributed by atoms with Crippen LogP contribution in [-0.4, -0.2) is 26.8 Å². The zero-order chi connectivity index (χ0) is 20.3. The number of carbonyl (C=O) groups excluding carboxylic acids is 1. The van der Waals surface area contributed by atoms with Crippen LogP contribution in [0.1, 0.15) is 43.4 Å². The molecule has 28 heavy (non-hydrogen) atoms. The van der Waals surface area contributed by atoms with E-state index in [4.69, 9.17) is 14.5 Å². The van der Waals surface area contributed by atoms with Crippen LogP contribution in [0.3, 0.4) is 0 Å². The summed E-state index contributed by atoms with van der Waals surface area (Å²) in [4.78, 5) is 23.3. The lowest BCUT2D eigenvalue weighted by molar-refractivity contribution is -0.266. The van der Waals surface area contributed by atoms with Gasteiger partial charge in [-0.25, -0.2) is 14.6 Å². The molecule has 0 N–H and O–H groups in total. The number of hydrogen-bond donors (Lipinski definition) is 0. The lowest BCUT2D eigenvalue weighted by atomic mass is 9.56. The zero-order valence-corrected chi connectivity index (χ0v) is 17.2. The van der Waals surface area contributed by atoms with Crippen LogP contribution in [-0.2, 0) is 24.7 Å². The monoisotopic (exact) mass is 380 g/mol. The fourth-order valence-corrected chi connectivity index (χ4v) is 4.77. The van der Waals surface area contributed by atoms with Crippen molar-refractivity contribution in [2.45, 2.75) is 32.1 Å². The summed E-state index contributed by atoms with van der Waals surface area (Å²) in [5.41, 5.74) is 4.49. The molecule has 0 aliphatic heterocycles. The molecule has 0 amide bonds. The fraction of sp³-hybridized carbons (Fsp3) is 0.375. The summed E-state index contributed by atoms with van der Waals surface area (Å²) in [5, 5.41) is 0. The summed E-state index contributed by atoms with van der Waals surface area (Å²) >= 11 is 0. The maximum Gasteiger partial charge on any atom is 0.334 e. The first-order valence-corrected chi connectivity index (χ1v) is 9.62. The minimum absolute atomic E-state index is 0.102. The number of methoxy groups -OCH3 is 1. The van der Waals surface area contributed by atoms with Gasteiger partial charge in [-0.1, -0.05) is 75.4 Å². The molecule has 0 radical (unpaired) electrons. The minimum Gasteiger partial charge on any atom is -0.466 e. The van der Waals surface area contributed by atoms with Crippen molar-refractivity contribution in [3.63, 3.8) is 0 Å². The fourth-order valence-electron chi connectivity index (χ4n) is 4.77. The van der Waals surface area contributed by atoms with E-state index in [1.54, 1.807) is 0 Å². The number of ether oxygens (including phenoxy) is 1. The summed E-state index contributed by atoms with van der Waals surface area (Å²) in [5.74, 6) is -0.258. The Kier molecular flexibility index (Phi) is 6.01. The van der Waals surface area contributed by atoms with Gasteiger partial charge in [0.05, 0.1) is 14.2 Å². The molecule has 0 heterocycles. The van der Waals surface area contributed by atoms with Crippen molar-refractivity contribution in [2.75, 3.05) is 20.8 Å². The minimum atomic E-state index is -0.521. The number of fused-ring (bicyclic) bond motifs is 1. The number of esters is 1. The van der Waals surface area contributed by atoms with E-state index < -0.39 is 5.41 Å². The van der Waals surface area contributed by atoms with Crippen LogP contribution in [0.4, 0.5) is 0 Å². The van der Waals surface area contributed by atoms with E-state index in [-0.39, 0.29) is 24.4 Å². The summed E-state index contributed by atoms with van der Waals surface area (Å²) < 4.78 is 5.20. The SMILES string of the molecule is COOCC1=C(C(=O)OC)C(C)c2ccccc2C1(c1ccccc1)C(C)C. The summed E-state index contributed by atoms with van der Waals surface area (Å²) in [6.45, 7) is 6.60. The van der Waals surface area contributed by atoms with Gasteiger partial charge in [0.25, 0.3) is 0 Å². The predicted molar refractivity (Wildman–Crippen MR) is 109 cm³/mol. The molecule has 1 aliphatic carbocycles. The van der Waals surface area contributed by atoms with Gasteiger partial charge in [0, 0.05) is 16.9 Å². The second-order valence-electron chi connectivity index (χ2n) is 7.45. The van der Waals surface area contributed by atoms with Gasteiger partial charge in [-0.05, 0) is 28.2 Å². The van der Waals surface area contributed by atoms with Gasteiger partial charge in [0.15, 0.2) is 0 Å². The van der Waals surface area contributed by atoms with Crippen LogP contribution >= 0.6 is 0 Å². The Morgan fingerprint density at radius 1 is 1.04 bits per heavy atom. The molecular weight excluding hydrogens is 352 g/mol. The Labute approximate surface area is 167 Å². The third kappa shape index (κ3) is 3.07. The van der Waals surface area contributed by atoms with Crippen LogP contribution in [0.15, 0.2) is 65.7 Å². The maximum absolute atomic E-state index is 12.9. The highest BCUT2D eigenvalue weighted by atomic mass is 17.2. The molecule has 2 atom stereocenters. The zero-order valence-electron chi connectivity index (χ0n) is 17.2. The summed E-state index contributed by atoms with van der Waals surface area (Å²) in [6, 6.07) is 18.7. The van der Waals surface area contributed by atoms with Crippen LogP contribution in [0.5, 0.6) is 0 Å². The largest absolute Gasteiger partial charge is 0.466 e. The molecule has 0 bridgehead atoms. The molecule has 0 spiro atoms. The van der Waals surface area contributed by atoms with E-state index in [1.165, 1.54) is 19.8 Å². The first kappa shape index (κ1) is 20.3. The molecule has 1 aliphatic rings. The van der Waals surface area contributed by atoms with Crippen molar-refractivity contribution < 1.29 is 19.3 Å². The van der Waals surface area contributed by atoms with Crippen LogP contribution in [0.2, 0.25) is 0 Å². The molecule has 148 valence electrons. The smallest absolute Gasteiger partial charge is 0.334 e. The molecule has 0 saturated carbocycles. The topological polar surface area (TPSA) is 44.8 Å². The predicted octanol–water partition coefficient (Wildman–Crippen LogP) is 4.79. The molecule has 0 saturated heterocycles. The normalized spacial score (nSPS) is 21.6. The average molecular weight is 380 g/mol. The molecule has 2 aromatic rings. The third-order valence-corrected chi connectivity index (χ3v) is 5.91. The van der Waals surface area contributed by atoms with Gasteiger partial charge in [-0.2, -0.15) is 0 Å². The van der Waals surface area contributed by atoms with E-state index in [0.29, 0.717) is 5.57 Å². The van der Waals surface area contributed by atoms with E-state index >= 15 is 0 Å². The van der Waals surface area contributed by atoms with Crippen LogP contribution < -0.4 is 0 Å². The highest BCUT2D eigenvalue weighted by Crippen LogP contribution is 2.54. The Morgan fingerprint density at radius 2 is 1.68 bits per heavy atom. The van der Waals surface area contributed by atoms with Crippen molar-refractivity contribution in [1.82, 2.24) is 0 Å². The van der Waals surface area contributed by atoms with Crippen molar-refractivity contribution in [3.05, 3.63) is 82.4 Å². The average Bonchev–Trinajstić information content (AvgIpc) is 2.72. The molecule has 0 fully saturated rings. The molecule has 0 aromatic heterocycles. The molecule has 3 rings (SSSR count). The summed E-state index contributed by atoms with van der Waals surface area (Å²) in [7, 11) is 2.91. The van der Waals surface area contributed by atoms with Crippen molar-refractivity contribution in [3.8, 4) is 0 Å². The molecule has 4 nitrogen and oxygen atoms in total. The Balaban J connectivity index is 2.45. The van der Waals surface area contributed by atoms with Crippen LogP contribution in [0, 0.1) is 5.92 Å². The van der Waals surface area contributed by atoms with Gasteiger partial charge in [-0.15, -0.1) is 0 Å². The highest BCUT2D eigenvalue weighted by Gasteiger charge is 2.49. The standard InChI is InChI=1S/C24H28O4/c1-16(2)24(18-11-7-6-8-12-18)20-14-10-9-13-19(20)17(3)22(23(25)26-4)21(24)15-28-27-5/h6-14,16-17H,15H2,1-5H3. The number of hydrogen-bond acceptors (Lipinski definition) is 4. The van der Waals surface area contributed by atoms with Gasteiger partial charge in [0.2, 0.25) is 0 Å². The first-order chi connectivity index (χ1) is 13.5. The van der Waals surface area contributed by atoms with Gasteiger partial charge in [-0.3, -0.25) is 0 Å². The van der Waals surface area contributed by atoms with Crippen molar-refractivity contribution in [1.29, 1.82) is 0 Å². The second-order valence-corrected chi connectivity index (χ2v) is 7.45. The number of benzene rings is 2. The molecule has 4 heteroatoms. The second kappa shape index (κ2) is 8.29. The van der Waals surface area contributed by atoms with Crippen LogP contribution in [0.25, 0.3) is 0 Å². The third-order valence-electron chi connectivity index (χ3n) is 5.91. The Hall–Kier alpha value is -2.43. The van der Waals surface area contributed by atoms with Gasteiger partial charge >= 0.3 is 5.97 Å². The maximum atomic E-state index is 12.9. The summed E-state index contributed by atoms with van der Waals surface area (Å²) in [6.07, 6.45) is 0. The highest BCUT2D eigenvalue weighted by molar-refractivity contribution is 5.93. The Morgan fingerprint density at radius 3 is 2.29 bits per heavy atom. The lowest BCUT2D eigenvalue weighted by Gasteiger charge is -2.47. The number of rotatable bonds is 6. The van der Waals surface area contributed by atoms with E-state index in [1.807, 2.05) is 31.2 Å². The quantitative estimate of drug-likeness (QED) is 0.410. The van der Waals surface area contributed by atoms with E-state index in [2.05, 4.69) is 44.2 Å². The molecule has 2 aromatic carbocycles. The lowest BCUT2D eigenvalue weighted by Crippen LogP contribution is -2.43. The van der Waals surface area contributed by atoms with Gasteiger partial charge < -0.3 is 4.74 Å².